The van der Waals surface area contributed by atoms with E-state index in [9.17, 15) is 4.79 Å². The van der Waals surface area contributed by atoms with E-state index in [4.69, 9.17) is 0 Å². The highest BCUT2D eigenvalue weighted by Crippen LogP contribution is 2.22. The van der Waals surface area contributed by atoms with E-state index in [2.05, 4.69) is 16.9 Å². The van der Waals surface area contributed by atoms with Gasteiger partial charge in [-0.1, -0.05) is 0 Å². The number of nitrogens with zero attached hydrogens (tertiary/aromatic N) is 4. The summed E-state index contributed by atoms with van der Waals surface area (Å²) in [6.45, 7) is 2.47. The fourth-order valence-electron chi connectivity index (χ4n) is 2.42. The Morgan fingerprint density at radius 2 is 2.26 bits per heavy atom. The summed E-state index contributed by atoms with van der Waals surface area (Å²) in [7, 11) is 4.10. The van der Waals surface area contributed by atoms with Crippen molar-refractivity contribution in [3.05, 3.63) is 18.2 Å². The molecule has 1 fully saturated rings. The second kappa shape index (κ2) is 6.43. The highest BCUT2D eigenvalue weighted by atomic mass is 32.2. The van der Waals surface area contributed by atoms with Crippen LogP contribution in [0, 0.1) is 0 Å². The maximum absolute atomic E-state index is 12.1. The normalized spacial score (nSPS) is 20.8. The average molecular weight is 282 g/mol. The molecule has 1 atom stereocenters. The van der Waals surface area contributed by atoms with E-state index in [0.717, 1.165) is 31.2 Å². The van der Waals surface area contributed by atoms with Gasteiger partial charge in [0.05, 0.1) is 6.04 Å². The van der Waals surface area contributed by atoms with Crippen LogP contribution in [0.2, 0.25) is 0 Å². The summed E-state index contributed by atoms with van der Waals surface area (Å²) in [4.78, 5) is 20.8. The third-order valence-corrected chi connectivity index (χ3v) is 4.29. The molecule has 1 amide bonds. The minimum Gasteiger partial charge on any atom is -0.339 e. The van der Waals surface area contributed by atoms with Crippen molar-refractivity contribution in [1.82, 2.24) is 19.4 Å². The van der Waals surface area contributed by atoms with Gasteiger partial charge in [-0.2, -0.15) is 11.8 Å². The van der Waals surface area contributed by atoms with Crippen LogP contribution >= 0.6 is 11.8 Å². The summed E-state index contributed by atoms with van der Waals surface area (Å²) in [5.74, 6) is 2.20. The highest BCUT2D eigenvalue weighted by molar-refractivity contribution is 7.98. The molecule has 6 heteroatoms. The van der Waals surface area contributed by atoms with E-state index in [1.54, 1.807) is 11.8 Å². The maximum Gasteiger partial charge on any atom is 0.223 e. The van der Waals surface area contributed by atoms with E-state index in [0.29, 0.717) is 6.42 Å². The van der Waals surface area contributed by atoms with Crippen molar-refractivity contribution in [2.45, 2.75) is 12.5 Å². The van der Waals surface area contributed by atoms with Crippen molar-refractivity contribution in [2.24, 2.45) is 7.05 Å². The summed E-state index contributed by atoms with van der Waals surface area (Å²) in [5, 5.41) is 0. The number of carbonyl (C=O) groups is 1. The Morgan fingerprint density at radius 1 is 1.47 bits per heavy atom. The number of aryl methyl sites for hydroxylation is 1. The number of aromatic nitrogens is 2. The minimum absolute atomic E-state index is 0.201. The summed E-state index contributed by atoms with van der Waals surface area (Å²) in [5.41, 5.74) is 0. The average Bonchev–Trinajstić information content (AvgIpc) is 2.82. The molecular formula is C13H22N4OS. The number of piperazine rings is 1. The number of amides is 1. The monoisotopic (exact) mass is 282 g/mol. The van der Waals surface area contributed by atoms with Crippen LogP contribution in [0.5, 0.6) is 0 Å². The number of hydrogen-bond acceptors (Lipinski definition) is 4. The smallest absolute Gasteiger partial charge is 0.223 e. The van der Waals surface area contributed by atoms with Gasteiger partial charge in [0.25, 0.3) is 0 Å². The zero-order valence-electron chi connectivity index (χ0n) is 11.9. The molecule has 1 aliphatic heterocycles. The summed E-state index contributed by atoms with van der Waals surface area (Å²) in [6.07, 6.45) is 6.45. The zero-order valence-corrected chi connectivity index (χ0v) is 12.7. The van der Waals surface area contributed by atoms with Crippen molar-refractivity contribution in [3.63, 3.8) is 0 Å². The quantitative estimate of drug-likeness (QED) is 0.826. The third-order valence-electron chi connectivity index (χ3n) is 3.68. The first-order valence-electron chi connectivity index (χ1n) is 6.57. The molecule has 1 aliphatic rings. The van der Waals surface area contributed by atoms with Gasteiger partial charge in [-0.3, -0.25) is 9.69 Å². The first kappa shape index (κ1) is 14.4. The Hall–Kier alpha value is -1.01. The molecule has 2 rings (SSSR count). The Kier molecular flexibility index (Phi) is 4.87. The summed E-state index contributed by atoms with van der Waals surface area (Å²) >= 11 is 1.72. The number of likely N-dealkylation sites (N-methyl/N-ethyl adjacent to an activating group) is 1. The lowest BCUT2D eigenvalue weighted by atomic mass is 10.1. The zero-order chi connectivity index (χ0) is 13.8. The molecule has 1 saturated heterocycles. The van der Waals surface area contributed by atoms with E-state index in [-0.39, 0.29) is 11.9 Å². The van der Waals surface area contributed by atoms with Crippen molar-refractivity contribution in [2.75, 3.05) is 38.7 Å². The van der Waals surface area contributed by atoms with Crippen LogP contribution in [0.25, 0.3) is 0 Å². The SMILES string of the molecule is CSCCC(=O)N1CCN(C)C(c2nccn2C)C1. The van der Waals surface area contributed by atoms with E-state index in [1.165, 1.54) is 0 Å². The van der Waals surface area contributed by atoms with Gasteiger partial charge < -0.3 is 9.47 Å². The van der Waals surface area contributed by atoms with Gasteiger partial charge in [-0.15, -0.1) is 0 Å². The Morgan fingerprint density at radius 3 is 2.89 bits per heavy atom. The first-order chi connectivity index (χ1) is 9.13. The topological polar surface area (TPSA) is 41.4 Å². The number of carbonyl (C=O) groups excluding carboxylic acids is 1. The Bertz CT molecular complexity index is 434. The lowest BCUT2D eigenvalue weighted by Crippen LogP contribution is -2.49. The fourth-order valence-corrected chi connectivity index (χ4v) is 2.80. The van der Waals surface area contributed by atoms with Gasteiger partial charge in [0.2, 0.25) is 5.91 Å². The number of hydrogen-bond donors (Lipinski definition) is 0. The molecule has 0 N–H and O–H groups in total. The predicted molar refractivity (Wildman–Crippen MR) is 78.2 cm³/mol. The summed E-state index contributed by atoms with van der Waals surface area (Å²) < 4.78 is 2.04. The molecule has 0 aliphatic carbocycles. The van der Waals surface area contributed by atoms with E-state index >= 15 is 0 Å². The number of imidazole rings is 1. The van der Waals surface area contributed by atoms with Crippen LogP contribution in [0.3, 0.4) is 0 Å². The molecule has 1 unspecified atom stereocenters. The lowest BCUT2D eigenvalue weighted by Gasteiger charge is -2.39. The van der Waals surface area contributed by atoms with Gasteiger partial charge in [0, 0.05) is 51.2 Å². The van der Waals surface area contributed by atoms with E-state index in [1.807, 2.05) is 35.2 Å². The molecule has 19 heavy (non-hydrogen) atoms. The molecule has 106 valence electrons. The van der Waals surface area contributed by atoms with Crippen molar-refractivity contribution < 1.29 is 4.79 Å². The third kappa shape index (κ3) is 3.30. The molecule has 2 heterocycles. The molecule has 1 aromatic rings. The van der Waals surface area contributed by atoms with Gasteiger partial charge in [0.1, 0.15) is 5.82 Å². The van der Waals surface area contributed by atoms with Crippen LogP contribution < -0.4 is 0 Å². The number of rotatable bonds is 4. The van der Waals surface area contributed by atoms with Crippen LogP contribution in [-0.2, 0) is 11.8 Å². The standard InChI is InChI=1S/C13H22N4OS/c1-15-7-8-17(12(18)4-9-19-3)10-11(15)13-14-5-6-16(13)2/h5-6,11H,4,7-10H2,1-3H3. The van der Waals surface area contributed by atoms with Crippen molar-refractivity contribution in [1.29, 1.82) is 0 Å². The van der Waals surface area contributed by atoms with Crippen LogP contribution in [0.4, 0.5) is 0 Å². The van der Waals surface area contributed by atoms with Crippen molar-refractivity contribution >= 4 is 17.7 Å². The maximum atomic E-state index is 12.1. The lowest BCUT2D eigenvalue weighted by molar-refractivity contribution is -0.133. The van der Waals surface area contributed by atoms with Crippen molar-refractivity contribution in [3.8, 4) is 0 Å². The molecular weight excluding hydrogens is 260 g/mol. The van der Waals surface area contributed by atoms with Crippen LogP contribution in [-0.4, -0.2) is 63.9 Å². The highest BCUT2D eigenvalue weighted by Gasteiger charge is 2.30. The van der Waals surface area contributed by atoms with Gasteiger partial charge >= 0.3 is 0 Å². The second-order valence-electron chi connectivity index (χ2n) is 4.98. The van der Waals surface area contributed by atoms with Gasteiger partial charge in [-0.25, -0.2) is 4.98 Å². The van der Waals surface area contributed by atoms with Gasteiger partial charge in [0.15, 0.2) is 0 Å². The van der Waals surface area contributed by atoms with Gasteiger partial charge in [-0.05, 0) is 13.3 Å². The summed E-state index contributed by atoms with van der Waals surface area (Å²) in [6, 6.07) is 0.201. The molecule has 1 aromatic heterocycles. The molecule has 5 nitrogen and oxygen atoms in total. The van der Waals surface area contributed by atoms with Crippen LogP contribution in [0.15, 0.2) is 12.4 Å². The van der Waals surface area contributed by atoms with E-state index < -0.39 is 0 Å². The minimum atomic E-state index is 0.201. The molecule has 0 radical (unpaired) electrons. The molecule has 0 spiro atoms. The Labute approximate surface area is 119 Å². The Balaban J connectivity index is 2.04. The molecule has 0 saturated carbocycles. The van der Waals surface area contributed by atoms with Crippen LogP contribution in [0.1, 0.15) is 18.3 Å². The largest absolute Gasteiger partial charge is 0.339 e. The fraction of sp³-hybridized carbons (Fsp3) is 0.692. The second-order valence-corrected chi connectivity index (χ2v) is 5.96. The number of thioether (sulfide) groups is 1. The molecule has 0 bridgehead atoms. The molecule has 0 aromatic carbocycles. The predicted octanol–water partition coefficient (Wildman–Crippen LogP) is 0.988. The first-order valence-corrected chi connectivity index (χ1v) is 7.97.